The van der Waals surface area contributed by atoms with E-state index in [1.807, 2.05) is 11.8 Å². The number of thioether (sulfide) groups is 1. The molecule has 1 aliphatic rings. The molecular formula is C7H14N2S2. The molecule has 0 aromatic heterocycles. The van der Waals surface area contributed by atoms with Gasteiger partial charge >= 0.3 is 0 Å². The van der Waals surface area contributed by atoms with Crippen molar-refractivity contribution in [2.45, 2.75) is 13.0 Å². The average molecular weight is 190 g/mol. The molecule has 0 bridgehead atoms. The van der Waals surface area contributed by atoms with Crippen LogP contribution in [0.2, 0.25) is 0 Å². The van der Waals surface area contributed by atoms with Crippen LogP contribution in [0.15, 0.2) is 0 Å². The molecule has 2 nitrogen and oxygen atoms in total. The van der Waals surface area contributed by atoms with Crippen molar-refractivity contribution < 1.29 is 0 Å². The van der Waals surface area contributed by atoms with Gasteiger partial charge in [0.2, 0.25) is 0 Å². The number of thiocarbonyl (C=S) groups is 1. The van der Waals surface area contributed by atoms with Gasteiger partial charge in [0.25, 0.3) is 0 Å². The van der Waals surface area contributed by atoms with Gasteiger partial charge in [-0.15, -0.1) is 0 Å². The van der Waals surface area contributed by atoms with Crippen molar-refractivity contribution in [3.8, 4) is 0 Å². The molecule has 0 saturated carbocycles. The molecule has 0 aromatic rings. The minimum absolute atomic E-state index is 0.615. The molecule has 0 aromatic carbocycles. The fourth-order valence-electron chi connectivity index (χ4n) is 1.20. The summed E-state index contributed by atoms with van der Waals surface area (Å²) in [6.45, 7) is 4.14. The van der Waals surface area contributed by atoms with Crippen molar-refractivity contribution in [2.24, 2.45) is 5.73 Å². The molecule has 0 radical (unpaired) electrons. The van der Waals surface area contributed by atoms with Crippen LogP contribution in [0, 0.1) is 0 Å². The summed E-state index contributed by atoms with van der Waals surface area (Å²) >= 11 is 6.87. The van der Waals surface area contributed by atoms with Gasteiger partial charge in [0.05, 0.1) is 4.99 Å². The van der Waals surface area contributed by atoms with Crippen molar-refractivity contribution >= 4 is 29.0 Å². The minimum Gasteiger partial charge on any atom is -0.392 e. The van der Waals surface area contributed by atoms with E-state index in [1.54, 1.807) is 0 Å². The van der Waals surface area contributed by atoms with Crippen molar-refractivity contribution in [3.63, 3.8) is 0 Å². The minimum atomic E-state index is 0.615. The summed E-state index contributed by atoms with van der Waals surface area (Å²) in [6, 6.07) is 0.634. The van der Waals surface area contributed by atoms with E-state index in [2.05, 4.69) is 11.8 Å². The van der Waals surface area contributed by atoms with Crippen molar-refractivity contribution in [2.75, 3.05) is 24.6 Å². The zero-order valence-electron chi connectivity index (χ0n) is 6.75. The summed E-state index contributed by atoms with van der Waals surface area (Å²) < 4.78 is 0. The predicted molar refractivity (Wildman–Crippen MR) is 55.1 cm³/mol. The highest BCUT2D eigenvalue weighted by Crippen LogP contribution is 2.14. The van der Waals surface area contributed by atoms with Gasteiger partial charge in [-0.25, -0.2) is 0 Å². The number of nitrogens with two attached hydrogens (primary N) is 1. The molecule has 1 aliphatic heterocycles. The molecule has 64 valence electrons. The second kappa shape index (κ2) is 4.28. The topological polar surface area (TPSA) is 29.3 Å². The highest BCUT2D eigenvalue weighted by molar-refractivity contribution is 7.99. The summed E-state index contributed by atoms with van der Waals surface area (Å²) in [5.41, 5.74) is 5.47. The van der Waals surface area contributed by atoms with E-state index in [-0.39, 0.29) is 0 Å². The summed E-state index contributed by atoms with van der Waals surface area (Å²) in [7, 11) is 0. The molecule has 1 unspecified atom stereocenters. The van der Waals surface area contributed by atoms with Crippen LogP contribution >= 0.6 is 24.0 Å². The molecule has 1 heterocycles. The number of rotatable bonds is 2. The lowest BCUT2D eigenvalue weighted by molar-refractivity contribution is 0.266. The van der Waals surface area contributed by atoms with E-state index in [0.29, 0.717) is 11.0 Å². The maximum atomic E-state index is 5.47. The largest absolute Gasteiger partial charge is 0.392 e. The first-order valence-electron chi connectivity index (χ1n) is 3.80. The first kappa shape index (κ1) is 9.29. The van der Waals surface area contributed by atoms with Gasteiger partial charge in [0, 0.05) is 30.6 Å². The maximum absolute atomic E-state index is 5.47. The Labute approximate surface area is 77.5 Å². The Morgan fingerprint density at radius 3 is 3.09 bits per heavy atom. The van der Waals surface area contributed by atoms with Crippen LogP contribution in [0.4, 0.5) is 0 Å². The highest BCUT2D eigenvalue weighted by Gasteiger charge is 2.18. The number of nitrogens with zero attached hydrogens (tertiary/aromatic N) is 1. The molecule has 0 amide bonds. The zero-order valence-corrected chi connectivity index (χ0v) is 8.38. The Bertz CT molecular complexity index is 149. The Balaban J connectivity index is 2.35. The lowest BCUT2D eigenvalue weighted by Gasteiger charge is -2.32. The number of hydrogen-bond acceptors (Lipinski definition) is 3. The molecule has 0 spiro atoms. The second-order valence-electron chi connectivity index (χ2n) is 2.86. The summed E-state index contributed by atoms with van der Waals surface area (Å²) in [4.78, 5) is 2.96. The van der Waals surface area contributed by atoms with E-state index in [0.717, 1.165) is 13.1 Å². The molecule has 4 heteroatoms. The van der Waals surface area contributed by atoms with Crippen molar-refractivity contribution in [1.82, 2.24) is 4.90 Å². The van der Waals surface area contributed by atoms with Crippen molar-refractivity contribution in [3.05, 3.63) is 0 Å². The average Bonchev–Trinajstić information content (AvgIpc) is 1.93. The molecule has 11 heavy (non-hydrogen) atoms. The van der Waals surface area contributed by atoms with E-state index in [1.165, 1.54) is 11.5 Å². The molecule has 1 atom stereocenters. The van der Waals surface area contributed by atoms with Gasteiger partial charge in [-0.2, -0.15) is 11.8 Å². The first-order chi connectivity index (χ1) is 5.20. The number of hydrogen-bond donors (Lipinski definition) is 1. The lowest BCUT2D eigenvalue weighted by Crippen LogP contribution is -2.44. The van der Waals surface area contributed by atoms with Gasteiger partial charge in [-0.05, 0) is 6.92 Å². The van der Waals surface area contributed by atoms with Gasteiger partial charge in [-0.1, -0.05) is 12.2 Å². The Kier molecular flexibility index (Phi) is 3.62. The predicted octanol–water partition coefficient (Wildman–Crippen LogP) is 0.710. The Hall–Kier alpha value is 0.200. The molecule has 1 fully saturated rings. The fourth-order valence-corrected chi connectivity index (χ4v) is 2.44. The highest BCUT2D eigenvalue weighted by atomic mass is 32.2. The molecule has 1 rings (SSSR count). The van der Waals surface area contributed by atoms with E-state index in [4.69, 9.17) is 18.0 Å². The smallest absolute Gasteiger partial charge is 0.0870 e. The lowest BCUT2D eigenvalue weighted by atomic mass is 10.3. The molecule has 2 N–H and O–H groups in total. The zero-order chi connectivity index (χ0) is 8.27. The van der Waals surface area contributed by atoms with Crippen LogP contribution < -0.4 is 5.73 Å². The van der Waals surface area contributed by atoms with Crippen LogP contribution in [0.5, 0.6) is 0 Å². The first-order valence-corrected chi connectivity index (χ1v) is 5.36. The quantitative estimate of drug-likeness (QED) is 0.649. The molecule has 0 aliphatic carbocycles. The van der Waals surface area contributed by atoms with Crippen molar-refractivity contribution in [1.29, 1.82) is 0 Å². The Morgan fingerprint density at radius 1 is 1.82 bits per heavy atom. The third-order valence-corrected chi connectivity index (χ3v) is 3.18. The van der Waals surface area contributed by atoms with E-state index >= 15 is 0 Å². The summed E-state index contributed by atoms with van der Waals surface area (Å²) in [5.74, 6) is 2.43. The van der Waals surface area contributed by atoms with Crippen LogP contribution in [0.3, 0.4) is 0 Å². The molecular weight excluding hydrogens is 176 g/mol. The van der Waals surface area contributed by atoms with E-state index < -0.39 is 0 Å². The van der Waals surface area contributed by atoms with Gasteiger partial charge in [0.1, 0.15) is 0 Å². The van der Waals surface area contributed by atoms with Crippen LogP contribution in [-0.2, 0) is 0 Å². The SMILES string of the molecule is CC1CSCCN1CC(N)=S. The summed E-state index contributed by atoms with van der Waals surface area (Å²) in [5, 5.41) is 0. The van der Waals surface area contributed by atoms with E-state index in [9.17, 15) is 0 Å². The maximum Gasteiger partial charge on any atom is 0.0870 e. The van der Waals surface area contributed by atoms with Crippen LogP contribution in [-0.4, -0.2) is 40.5 Å². The van der Waals surface area contributed by atoms with Gasteiger partial charge in [0.15, 0.2) is 0 Å². The van der Waals surface area contributed by atoms with Crippen LogP contribution in [0.25, 0.3) is 0 Å². The van der Waals surface area contributed by atoms with Gasteiger partial charge < -0.3 is 5.73 Å². The monoisotopic (exact) mass is 190 g/mol. The Morgan fingerprint density at radius 2 is 2.55 bits per heavy atom. The molecule has 1 saturated heterocycles. The second-order valence-corrected chi connectivity index (χ2v) is 4.53. The third-order valence-electron chi connectivity index (χ3n) is 1.86. The standard InChI is InChI=1S/C7H14N2S2/c1-6-5-11-3-2-9(6)4-7(8)10/h6H,2-5H2,1H3,(H2,8,10). The van der Waals surface area contributed by atoms with Crippen LogP contribution in [0.1, 0.15) is 6.92 Å². The fraction of sp³-hybridized carbons (Fsp3) is 0.857. The third kappa shape index (κ3) is 2.97. The summed E-state index contributed by atoms with van der Waals surface area (Å²) in [6.07, 6.45) is 0. The normalized spacial score (nSPS) is 26.8. The van der Waals surface area contributed by atoms with Gasteiger partial charge in [-0.3, -0.25) is 4.90 Å².